The number of hydrogen-bond acceptors (Lipinski definition) is 5. The average molecular weight is 286 g/mol. The molecular formula is C14H14N4O3. The first kappa shape index (κ1) is 13.3. The first-order valence-corrected chi connectivity index (χ1v) is 6.53. The van der Waals surface area contributed by atoms with Gasteiger partial charge in [0, 0.05) is 32.3 Å². The molecule has 0 saturated carbocycles. The Morgan fingerprint density at radius 1 is 1.33 bits per heavy atom. The Labute approximate surface area is 119 Å². The molecule has 3 heterocycles. The van der Waals surface area contributed by atoms with Crippen LogP contribution in [0.4, 0.5) is 0 Å². The summed E-state index contributed by atoms with van der Waals surface area (Å²) < 4.78 is 8.24. The van der Waals surface area contributed by atoms with E-state index in [0.717, 1.165) is 0 Å². The number of aromatic nitrogens is 4. The highest BCUT2D eigenvalue weighted by Crippen LogP contribution is 2.11. The minimum Gasteiger partial charge on any atom is -0.422 e. The third kappa shape index (κ3) is 2.49. The van der Waals surface area contributed by atoms with Gasteiger partial charge < -0.3 is 8.98 Å². The summed E-state index contributed by atoms with van der Waals surface area (Å²) in [6, 6.07) is 2.96. The summed E-state index contributed by atoms with van der Waals surface area (Å²) in [5, 5.41) is 4.61. The van der Waals surface area contributed by atoms with E-state index in [1.54, 1.807) is 41.8 Å². The lowest BCUT2D eigenvalue weighted by Gasteiger charge is -2.06. The van der Waals surface area contributed by atoms with Crippen LogP contribution in [0.5, 0.6) is 0 Å². The summed E-state index contributed by atoms with van der Waals surface area (Å²) >= 11 is 0. The van der Waals surface area contributed by atoms with Gasteiger partial charge in [0.15, 0.2) is 5.82 Å². The maximum atomic E-state index is 12.4. The van der Waals surface area contributed by atoms with E-state index in [2.05, 4.69) is 10.1 Å². The van der Waals surface area contributed by atoms with Gasteiger partial charge in [-0.15, -0.1) is 0 Å². The molecular weight excluding hydrogens is 272 g/mol. The van der Waals surface area contributed by atoms with E-state index in [1.165, 1.54) is 6.07 Å². The Morgan fingerprint density at radius 2 is 2.14 bits per heavy atom. The molecule has 108 valence electrons. The summed E-state index contributed by atoms with van der Waals surface area (Å²) in [5.41, 5.74) is 0.313. The number of aryl methyl sites for hydroxylation is 4. The highest BCUT2D eigenvalue weighted by atomic mass is 16.4. The second-order valence-electron chi connectivity index (χ2n) is 4.89. The molecule has 0 aliphatic heterocycles. The molecule has 0 unspecified atom stereocenters. The van der Waals surface area contributed by atoms with Crippen molar-refractivity contribution in [3.8, 4) is 0 Å². The number of rotatable bonds is 3. The number of fused-ring (bicyclic) bond motifs is 1. The Kier molecular flexibility index (Phi) is 3.17. The van der Waals surface area contributed by atoms with Crippen molar-refractivity contribution in [2.75, 3.05) is 0 Å². The predicted molar refractivity (Wildman–Crippen MR) is 76.2 cm³/mol. The quantitative estimate of drug-likeness (QED) is 0.705. The van der Waals surface area contributed by atoms with Crippen molar-refractivity contribution in [2.45, 2.75) is 19.9 Å². The smallest absolute Gasteiger partial charge is 0.336 e. The summed E-state index contributed by atoms with van der Waals surface area (Å²) in [4.78, 5) is 27.9. The van der Waals surface area contributed by atoms with Gasteiger partial charge in [0.25, 0.3) is 5.56 Å². The van der Waals surface area contributed by atoms with E-state index < -0.39 is 5.63 Å². The van der Waals surface area contributed by atoms with Crippen LogP contribution >= 0.6 is 0 Å². The van der Waals surface area contributed by atoms with E-state index >= 15 is 0 Å². The molecule has 0 aliphatic carbocycles. The molecule has 0 saturated heterocycles. The van der Waals surface area contributed by atoms with Crippen molar-refractivity contribution in [2.24, 2.45) is 7.05 Å². The van der Waals surface area contributed by atoms with Crippen molar-refractivity contribution in [3.05, 3.63) is 56.8 Å². The third-order valence-electron chi connectivity index (χ3n) is 3.29. The van der Waals surface area contributed by atoms with Gasteiger partial charge >= 0.3 is 5.63 Å². The number of nitrogens with zero attached hydrogens (tertiary/aromatic N) is 4. The first-order chi connectivity index (χ1) is 10.0. The molecule has 0 atom stereocenters. The molecule has 21 heavy (non-hydrogen) atoms. The van der Waals surface area contributed by atoms with Gasteiger partial charge in [0.1, 0.15) is 11.9 Å². The fourth-order valence-electron chi connectivity index (χ4n) is 2.29. The molecule has 3 aromatic rings. The average Bonchev–Trinajstić information content (AvgIpc) is 2.83. The number of hydrogen-bond donors (Lipinski definition) is 0. The Bertz CT molecular complexity index is 920. The summed E-state index contributed by atoms with van der Waals surface area (Å²) in [6.45, 7) is 2.20. The molecule has 7 heteroatoms. The van der Waals surface area contributed by atoms with Crippen LogP contribution in [0.3, 0.4) is 0 Å². The third-order valence-corrected chi connectivity index (χ3v) is 3.29. The van der Waals surface area contributed by atoms with E-state index in [4.69, 9.17) is 4.42 Å². The fourth-order valence-corrected chi connectivity index (χ4v) is 2.29. The van der Waals surface area contributed by atoms with Crippen LogP contribution in [0, 0.1) is 6.92 Å². The molecule has 0 bridgehead atoms. The van der Waals surface area contributed by atoms with Crippen molar-refractivity contribution in [3.63, 3.8) is 0 Å². The Hall–Kier alpha value is -2.70. The van der Waals surface area contributed by atoms with Crippen molar-refractivity contribution in [1.29, 1.82) is 0 Å². The van der Waals surface area contributed by atoms with Crippen LogP contribution in [-0.2, 0) is 20.0 Å². The summed E-state index contributed by atoms with van der Waals surface area (Å²) in [7, 11) is 1.80. The molecule has 0 aliphatic rings. The van der Waals surface area contributed by atoms with Gasteiger partial charge in [-0.1, -0.05) is 0 Å². The molecule has 0 fully saturated rings. The van der Waals surface area contributed by atoms with Gasteiger partial charge in [0.2, 0.25) is 0 Å². The molecule has 3 rings (SSSR count). The zero-order valence-corrected chi connectivity index (χ0v) is 11.7. The van der Waals surface area contributed by atoms with E-state index in [1.807, 2.05) is 0 Å². The molecule has 0 radical (unpaired) electrons. The fraction of sp³-hybridized carbons (Fsp3) is 0.286. The maximum absolute atomic E-state index is 12.4. The first-order valence-electron chi connectivity index (χ1n) is 6.53. The standard InChI is InChI=1S/C14H14N4O3/c1-9-7-12(19)21-10-3-5-18(14(20)13(9)10)6-4-11-15-8-17(2)16-11/h3,5,7-8H,4,6H2,1-2H3. The van der Waals surface area contributed by atoms with Crippen LogP contribution < -0.4 is 11.2 Å². The van der Waals surface area contributed by atoms with Crippen molar-refractivity contribution >= 4 is 11.0 Å². The minimum atomic E-state index is -0.449. The topological polar surface area (TPSA) is 82.9 Å². The lowest BCUT2D eigenvalue weighted by Crippen LogP contribution is -2.22. The summed E-state index contributed by atoms with van der Waals surface area (Å²) in [5.74, 6) is 0.681. The molecule has 7 nitrogen and oxygen atoms in total. The molecule has 0 spiro atoms. The highest BCUT2D eigenvalue weighted by Gasteiger charge is 2.09. The van der Waals surface area contributed by atoms with Gasteiger partial charge in [0.05, 0.1) is 5.39 Å². The van der Waals surface area contributed by atoms with Gasteiger partial charge in [-0.05, 0) is 18.6 Å². The van der Waals surface area contributed by atoms with Crippen LogP contribution in [0.15, 0.2) is 38.7 Å². The van der Waals surface area contributed by atoms with Crippen molar-refractivity contribution in [1.82, 2.24) is 19.3 Å². The van der Waals surface area contributed by atoms with E-state index in [-0.39, 0.29) is 5.56 Å². The zero-order valence-electron chi connectivity index (χ0n) is 11.7. The SMILES string of the molecule is Cc1cc(=O)oc2ccn(CCc3ncn(C)n3)c(=O)c12. The van der Waals surface area contributed by atoms with Crippen LogP contribution in [0.1, 0.15) is 11.4 Å². The molecule has 0 N–H and O–H groups in total. The largest absolute Gasteiger partial charge is 0.422 e. The normalized spacial score (nSPS) is 11.1. The zero-order chi connectivity index (χ0) is 15.0. The van der Waals surface area contributed by atoms with Gasteiger partial charge in [-0.2, -0.15) is 5.10 Å². The predicted octanol–water partition coefficient (Wildman–Crippen LogP) is 0.634. The molecule has 0 aromatic carbocycles. The molecule has 3 aromatic heterocycles. The highest BCUT2D eigenvalue weighted by molar-refractivity contribution is 5.78. The van der Waals surface area contributed by atoms with Gasteiger partial charge in [-0.3, -0.25) is 9.48 Å². The Balaban J connectivity index is 1.98. The van der Waals surface area contributed by atoms with Crippen LogP contribution in [0.25, 0.3) is 11.0 Å². The van der Waals surface area contributed by atoms with E-state index in [9.17, 15) is 9.59 Å². The Morgan fingerprint density at radius 3 is 2.86 bits per heavy atom. The maximum Gasteiger partial charge on any atom is 0.336 e. The van der Waals surface area contributed by atoms with Crippen LogP contribution in [0.2, 0.25) is 0 Å². The number of pyridine rings is 1. The minimum absolute atomic E-state index is 0.176. The van der Waals surface area contributed by atoms with E-state index in [0.29, 0.717) is 35.3 Å². The second kappa shape index (κ2) is 5.01. The van der Waals surface area contributed by atoms with Crippen molar-refractivity contribution < 1.29 is 4.42 Å². The van der Waals surface area contributed by atoms with Crippen LogP contribution in [-0.4, -0.2) is 19.3 Å². The molecule has 0 amide bonds. The monoisotopic (exact) mass is 286 g/mol. The lowest BCUT2D eigenvalue weighted by atomic mass is 10.2. The van der Waals surface area contributed by atoms with Gasteiger partial charge in [-0.25, -0.2) is 9.78 Å². The second-order valence-corrected chi connectivity index (χ2v) is 4.89. The summed E-state index contributed by atoms with van der Waals surface area (Å²) in [6.07, 6.45) is 3.80. The lowest BCUT2D eigenvalue weighted by molar-refractivity contribution is 0.555.